The van der Waals surface area contributed by atoms with Gasteiger partial charge in [-0.2, -0.15) is 0 Å². The number of anilines is 1. The maximum atomic E-state index is 6.09. The number of hydrogen-bond donors (Lipinski definition) is 0. The van der Waals surface area contributed by atoms with Crippen molar-refractivity contribution in [1.82, 2.24) is 15.2 Å². The monoisotopic (exact) mass is 338 g/mol. The molecule has 1 unspecified atom stereocenters. The second-order valence-electron chi connectivity index (χ2n) is 6.42. The average molecular weight is 339 g/mol. The van der Waals surface area contributed by atoms with E-state index in [0.29, 0.717) is 10.8 Å². The molecule has 2 aromatic rings. The Morgan fingerprint density at radius 3 is 2.86 bits per heavy atom. The van der Waals surface area contributed by atoms with Crippen molar-refractivity contribution in [3.63, 3.8) is 0 Å². The summed E-state index contributed by atoms with van der Waals surface area (Å²) in [6, 6.07) is 1.80. The number of halogens is 1. The van der Waals surface area contributed by atoms with E-state index in [0.717, 1.165) is 29.6 Å². The van der Waals surface area contributed by atoms with E-state index in [1.807, 2.05) is 0 Å². The zero-order chi connectivity index (χ0) is 15.7. The van der Waals surface area contributed by atoms with Gasteiger partial charge >= 0.3 is 0 Å². The molecule has 1 fully saturated rings. The minimum atomic E-state index is 0.0378. The molecule has 0 bridgehead atoms. The Morgan fingerprint density at radius 2 is 2.18 bits per heavy atom. The minimum Gasteiger partial charge on any atom is -0.487 e. The molecule has 7 heteroatoms. The molecule has 1 saturated heterocycles. The van der Waals surface area contributed by atoms with Gasteiger partial charge in [-0.05, 0) is 0 Å². The Hall–Kier alpha value is -1.40. The number of hydrogen-bond acceptors (Lipinski definition) is 6. The molecular weight excluding hydrogens is 320 g/mol. The fourth-order valence-electron chi connectivity index (χ4n) is 2.28. The first-order valence-corrected chi connectivity index (χ1v) is 8.48. The molecule has 0 amide bonds. The fourth-order valence-corrected chi connectivity index (χ4v) is 3.38. The summed E-state index contributed by atoms with van der Waals surface area (Å²) in [5, 5.41) is 11.2. The first kappa shape index (κ1) is 15.5. The van der Waals surface area contributed by atoms with E-state index in [9.17, 15) is 0 Å². The van der Waals surface area contributed by atoms with E-state index in [4.69, 9.17) is 16.3 Å². The molecular formula is C15H19ClN4OS. The van der Waals surface area contributed by atoms with Gasteiger partial charge in [-0.3, -0.25) is 4.98 Å². The minimum absolute atomic E-state index is 0.0378. The third-order valence-electron chi connectivity index (χ3n) is 3.50. The van der Waals surface area contributed by atoms with Gasteiger partial charge in [0.25, 0.3) is 0 Å². The molecule has 2 aromatic heterocycles. The summed E-state index contributed by atoms with van der Waals surface area (Å²) in [5.41, 5.74) is 0.0378. The van der Waals surface area contributed by atoms with Crippen LogP contribution in [-0.4, -0.2) is 34.4 Å². The number of ether oxygens (including phenoxy) is 1. The van der Waals surface area contributed by atoms with E-state index < -0.39 is 0 Å². The molecule has 0 N–H and O–H groups in total. The SMILES string of the molecule is CC(C)(C)c1nnc(N2CCC(Oc3ccncc3Cl)C2)s1. The third-order valence-corrected chi connectivity index (χ3v) is 5.19. The van der Waals surface area contributed by atoms with E-state index in [2.05, 4.69) is 40.9 Å². The van der Waals surface area contributed by atoms with Gasteiger partial charge < -0.3 is 9.64 Å². The molecule has 0 radical (unpaired) electrons. The van der Waals surface area contributed by atoms with Crippen LogP contribution >= 0.6 is 22.9 Å². The maximum Gasteiger partial charge on any atom is 0.208 e. The van der Waals surface area contributed by atoms with Crippen LogP contribution in [0, 0.1) is 0 Å². The van der Waals surface area contributed by atoms with Crippen LogP contribution in [0.1, 0.15) is 32.2 Å². The molecule has 3 rings (SSSR count). The highest BCUT2D eigenvalue weighted by atomic mass is 35.5. The molecule has 22 heavy (non-hydrogen) atoms. The summed E-state index contributed by atoms with van der Waals surface area (Å²) in [6.45, 7) is 8.18. The fraction of sp³-hybridized carbons (Fsp3) is 0.533. The summed E-state index contributed by atoms with van der Waals surface area (Å²) >= 11 is 7.75. The van der Waals surface area contributed by atoms with Crippen LogP contribution < -0.4 is 9.64 Å². The largest absolute Gasteiger partial charge is 0.487 e. The standard InChI is InChI=1S/C15H19ClN4OS/c1-15(2,3)13-18-19-14(22-13)20-7-5-10(9-20)21-12-4-6-17-8-11(12)16/h4,6,8,10H,5,7,9H2,1-3H3. The summed E-state index contributed by atoms with van der Waals surface area (Å²) < 4.78 is 5.97. The second kappa shape index (κ2) is 6.01. The summed E-state index contributed by atoms with van der Waals surface area (Å²) in [4.78, 5) is 6.20. The Balaban J connectivity index is 1.65. The van der Waals surface area contributed by atoms with Crippen LogP contribution in [0.5, 0.6) is 5.75 Å². The van der Waals surface area contributed by atoms with Crippen molar-refractivity contribution in [3.8, 4) is 5.75 Å². The van der Waals surface area contributed by atoms with Crippen LogP contribution in [0.25, 0.3) is 0 Å². The first-order valence-electron chi connectivity index (χ1n) is 7.28. The van der Waals surface area contributed by atoms with Gasteiger partial charge in [0.2, 0.25) is 5.13 Å². The van der Waals surface area contributed by atoms with Gasteiger partial charge in [-0.25, -0.2) is 0 Å². The van der Waals surface area contributed by atoms with Crippen LogP contribution in [0.15, 0.2) is 18.5 Å². The highest BCUT2D eigenvalue weighted by molar-refractivity contribution is 7.15. The highest BCUT2D eigenvalue weighted by Crippen LogP contribution is 2.32. The second-order valence-corrected chi connectivity index (χ2v) is 7.78. The Bertz CT molecular complexity index is 655. The quantitative estimate of drug-likeness (QED) is 0.856. The van der Waals surface area contributed by atoms with Crippen LogP contribution in [0.3, 0.4) is 0 Å². The molecule has 0 aromatic carbocycles. The van der Waals surface area contributed by atoms with E-state index in [1.165, 1.54) is 0 Å². The highest BCUT2D eigenvalue weighted by Gasteiger charge is 2.28. The van der Waals surface area contributed by atoms with Crippen molar-refractivity contribution >= 4 is 28.1 Å². The van der Waals surface area contributed by atoms with Crippen LogP contribution in [-0.2, 0) is 5.41 Å². The zero-order valence-corrected chi connectivity index (χ0v) is 14.5. The molecule has 1 aliphatic rings. The molecule has 1 aliphatic heterocycles. The normalized spacial score (nSPS) is 18.7. The molecule has 0 aliphatic carbocycles. The lowest BCUT2D eigenvalue weighted by Gasteiger charge is -2.16. The Labute approximate surface area is 139 Å². The maximum absolute atomic E-state index is 6.09. The molecule has 1 atom stereocenters. The summed E-state index contributed by atoms with van der Waals surface area (Å²) in [7, 11) is 0. The van der Waals surface area contributed by atoms with Gasteiger partial charge in [-0.1, -0.05) is 43.7 Å². The lowest BCUT2D eigenvalue weighted by molar-refractivity contribution is 0.225. The topological polar surface area (TPSA) is 51.1 Å². The molecule has 118 valence electrons. The van der Waals surface area contributed by atoms with Gasteiger partial charge in [0.15, 0.2) is 0 Å². The Kier molecular flexibility index (Phi) is 4.23. The molecule has 3 heterocycles. The summed E-state index contributed by atoms with van der Waals surface area (Å²) in [5.74, 6) is 0.691. The number of aromatic nitrogens is 3. The van der Waals surface area contributed by atoms with Crippen molar-refractivity contribution in [2.75, 3.05) is 18.0 Å². The molecule has 0 spiro atoms. The van der Waals surface area contributed by atoms with E-state index >= 15 is 0 Å². The van der Waals surface area contributed by atoms with Crippen molar-refractivity contribution < 1.29 is 4.74 Å². The summed E-state index contributed by atoms with van der Waals surface area (Å²) in [6.07, 6.45) is 4.35. The van der Waals surface area contributed by atoms with Gasteiger partial charge in [0.05, 0.1) is 6.54 Å². The van der Waals surface area contributed by atoms with Crippen molar-refractivity contribution in [3.05, 3.63) is 28.5 Å². The average Bonchev–Trinajstić information content (AvgIpc) is 3.09. The van der Waals surface area contributed by atoms with E-state index in [1.54, 1.807) is 29.8 Å². The van der Waals surface area contributed by atoms with Gasteiger partial charge in [0, 0.05) is 36.8 Å². The lowest BCUT2D eigenvalue weighted by Crippen LogP contribution is -2.24. The van der Waals surface area contributed by atoms with E-state index in [-0.39, 0.29) is 11.5 Å². The van der Waals surface area contributed by atoms with Gasteiger partial charge in [-0.15, -0.1) is 10.2 Å². The first-order chi connectivity index (χ1) is 10.4. The van der Waals surface area contributed by atoms with Crippen molar-refractivity contribution in [2.24, 2.45) is 0 Å². The molecule has 0 saturated carbocycles. The predicted octanol–water partition coefficient (Wildman–Crippen LogP) is 3.54. The van der Waals surface area contributed by atoms with Gasteiger partial charge in [0.1, 0.15) is 21.9 Å². The number of nitrogens with zero attached hydrogens (tertiary/aromatic N) is 4. The van der Waals surface area contributed by atoms with Crippen molar-refractivity contribution in [1.29, 1.82) is 0 Å². The number of rotatable bonds is 3. The lowest BCUT2D eigenvalue weighted by atomic mass is 9.98. The number of pyridine rings is 1. The molecule has 5 nitrogen and oxygen atoms in total. The smallest absolute Gasteiger partial charge is 0.208 e. The van der Waals surface area contributed by atoms with Crippen molar-refractivity contribution in [2.45, 2.75) is 38.7 Å². The van der Waals surface area contributed by atoms with Crippen LogP contribution in [0.2, 0.25) is 5.02 Å². The third kappa shape index (κ3) is 3.33. The van der Waals surface area contributed by atoms with Crippen LogP contribution in [0.4, 0.5) is 5.13 Å². The zero-order valence-electron chi connectivity index (χ0n) is 12.9. The Morgan fingerprint density at radius 1 is 1.36 bits per heavy atom. The predicted molar refractivity (Wildman–Crippen MR) is 89.1 cm³/mol.